The van der Waals surface area contributed by atoms with Crippen molar-refractivity contribution in [3.63, 3.8) is 0 Å². The minimum Gasteiger partial charge on any atom is -0.490 e. The Morgan fingerprint density at radius 3 is 2.66 bits per heavy atom. The standard InChI is InChI=1S/C28H34N6O4/c1-3-37-21-9-4-5-10-22(21)38-20-8-7-14-33(18-20)26-17-29-16-24(32-26)30-23-11-6-12-25(31-23)34-15-13-28(2,19-34)27(35)36/h4-6,9-12,16-17,20H,3,7-8,13-15,18-19H2,1-2H3,(H,35,36)(H,30,31,32)/t20-,28?/m1/s1. The summed E-state index contributed by atoms with van der Waals surface area (Å²) in [5, 5.41) is 12.8. The molecular formula is C28H34N6O4. The molecule has 2 aromatic heterocycles. The molecule has 10 nitrogen and oxygen atoms in total. The predicted molar refractivity (Wildman–Crippen MR) is 146 cm³/mol. The number of aromatic nitrogens is 3. The third kappa shape index (κ3) is 5.74. The van der Waals surface area contributed by atoms with Crippen molar-refractivity contribution in [3.8, 4) is 11.5 Å². The van der Waals surface area contributed by atoms with E-state index in [2.05, 4.69) is 15.2 Å². The van der Waals surface area contributed by atoms with Gasteiger partial charge < -0.3 is 29.7 Å². The summed E-state index contributed by atoms with van der Waals surface area (Å²) in [7, 11) is 0. The highest BCUT2D eigenvalue weighted by Crippen LogP contribution is 2.33. The van der Waals surface area contributed by atoms with Crippen LogP contribution in [0.25, 0.3) is 0 Å². The van der Waals surface area contributed by atoms with E-state index in [0.717, 1.165) is 42.5 Å². The molecule has 1 aromatic carbocycles. The van der Waals surface area contributed by atoms with Crippen LogP contribution in [-0.2, 0) is 4.79 Å². The molecule has 0 radical (unpaired) electrons. The van der Waals surface area contributed by atoms with Gasteiger partial charge in [-0.05, 0) is 57.4 Å². The summed E-state index contributed by atoms with van der Waals surface area (Å²) in [5.74, 6) is 3.48. The van der Waals surface area contributed by atoms with Gasteiger partial charge in [0.15, 0.2) is 17.3 Å². The minimum absolute atomic E-state index is 0.0130. The van der Waals surface area contributed by atoms with Gasteiger partial charge in [-0.3, -0.25) is 9.78 Å². The maximum Gasteiger partial charge on any atom is 0.311 e. The molecule has 0 aliphatic carbocycles. The van der Waals surface area contributed by atoms with Crippen LogP contribution in [0.5, 0.6) is 11.5 Å². The summed E-state index contributed by atoms with van der Waals surface area (Å²) >= 11 is 0. The monoisotopic (exact) mass is 518 g/mol. The zero-order valence-electron chi connectivity index (χ0n) is 21.8. The van der Waals surface area contributed by atoms with Crippen LogP contribution < -0.4 is 24.6 Å². The van der Waals surface area contributed by atoms with E-state index in [1.165, 1.54) is 0 Å². The number of ether oxygens (including phenoxy) is 2. The molecule has 2 atom stereocenters. The van der Waals surface area contributed by atoms with Gasteiger partial charge in [-0.1, -0.05) is 18.2 Å². The number of benzene rings is 1. The topological polar surface area (TPSA) is 113 Å². The number of anilines is 4. The highest BCUT2D eigenvalue weighted by atomic mass is 16.5. The molecule has 0 saturated carbocycles. The summed E-state index contributed by atoms with van der Waals surface area (Å²) < 4.78 is 12.0. The lowest BCUT2D eigenvalue weighted by Crippen LogP contribution is -2.41. The van der Waals surface area contributed by atoms with E-state index in [1.807, 2.05) is 54.3 Å². The van der Waals surface area contributed by atoms with Crippen LogP contribution in [0.15, 0.2) is 54.9 Å². The molecule has 2 N–H and O–H groups in total. The first-order chi connectivity index (χ1) is 18.4. The summed E-state index contributed by atoms with van der Waals surface area (Å²) in [4.78, 5) is 29.7. The van der Waals surface area contributed by atoms with Crippen molar-refractivity contribution in [1.29, 1.82) is 0 Å². The number of carboxylic acid groups (broad SMARTS) is 1. The van der Waals surface area contributed by atoms with Crippen LogP contribution >= 0.6 is 0 Å². The Kier molecular flexibility index (Phi) is 7.48. The molecule has 0 spiro atoms. The van der Waals surface area contributed by atoms with Crippen LogP contribution in [0.3, 0.4) is 0 Å². The van der Waals surface area contributed by atoms with Crippen molar-refractivity contribution in [1.82, 2.24) is 15.0 Å². The van der Waals surface area contributed by atoms with E-state index in [1.54, 1.807) is 19.3 Å². The van der Waals surface area contributed by atoms with Gasteiger partial charge in [-0.2, -0.15) is 0 Å². The van der Waals surface area contributed by atoms with Crippen LogP contribution in [0.4, 0.5) is 23.3 Å². The molecule has 200 valence electrons. The average Bonchev–Trinajstić information content (AvgIpc) is 3.34. The van der Waals surface area contributed by atoms with Crippen molar-refractivity contribution in [2.75, 3.05) is 47.9 Å². The Morgan fingerprint density at radius 1 is 1.05 bits per heavy atom. The molecule has 0 amide bonds. The summed E-state index contributed by atoms with van der Waals surface area (Å²) in [6.07, 6.45) is 5.98. The molecule has 0 bridgehead atoms. The minimum atomic E-state index is -0.773. The zero-order chi connectivity index (χ0) is 26.5. The smallest absolute Gasteiger partial charge is 0.311 e. The quantitative estimate of drug-likeness (QED) is 0.423. The number of rotatable bonds is 9. The first-order valence-corrected chi connectivity index (χ1v) is 13.1. The van der Waals surface area contributed by atoms with Gasteiger partial charge >= 0.3 is 5.97 Å². The Bertz CT molecular complexity index is 1270. The molecule has 2 aliphatic heterocycles. The van der Waals surface area contributed by atoms with Crippen molar-refractivity contribution in [3.05, 3.63) is 54.9 Å². The molecule has 1 unspecified atom stereocenters. The second-order valence-corrected chi connectivity index (χ2v) is 10.0. The van der Waals surface area contributed by atoms with Crippen LogP contribution in [0.1, 0.15) is 33.1 Å². The summed E-state index contributed by atoms with van der Waals surface area (Å²) in [6, 6.07) is 13.4. The fourth-order valence-corrected chi connectivity index (χ4v) is 4.94. The molecule has 2 aliphatic rings. The van der Waals surface area contributed by atoms with E-state index in [4.69, 9.17) is 19.4 Å². The molecule has 5 rings (SSSR count). The van der Waals surface area contributed by atoms with Crippen molar-refractivity contribution in [2.24, 2.45) is 5.41 Å². The van der Waals surface area contributed by atoms with Crippen LogP contribution in [-0.4, -0.2) is 64.9 Å². The van der Waals surface area contributed by atoms with Crippen molar-refractivity contribution in [2.45, 2.75) is 39.2 Å². The number of nitrogens with zero attached hydrogens (tertiary/aromatic N) is 5. The molecular weight excluding hydrogens is 484 g/mol. The lowest BCUT2D eigenvalue weighted by atomic mass is 9.90. The number of pyridine rings is 1. The Morgan fingerprint density at radius 2 is 1.87 bits per heavy atom. The van der Waals surface area contributed by atoms with Gasteiger partial charge in [0.1, 0.15) is 23.6 Å². The number of nitrogens with one attached hydrogen (secondary N) is 1. The maximum atomic E-state index is 11.6. The normalized spacial score (nSPS) is 21.3. The molecule has 38 heavy (non-hydrogen) atoms. The predicted octanol–water partition coefficient (Wildman–Crippen LogP) is 4.36. The molecule has 10 heteroatoms. The molecule has 4 heterocycles. The highest BCUT2D eigenvalue weighted by molar-refractivity contribution is 5.76. The number of hydrogen-bond acceptors (Lipinski definition) is 9. The largest absolute Gasteiger partial charge is 0.490 e. The third-order valence-electron chi connectivity index (χ3n) is 7.07. The molecule has 2 fully saturated rings. The number of piperidine rings is 1. The number of carboxylic acids is 1. The van der Waals surface area contributed by atoms with E-state index in [9.17, 15) is 9.90 Å². The zero-order valence-corrected chi connectivity index (χ0v) is 21.8. The lowest BCUT2D eigenvalue weighted by Gasteiger charge is -2.33. The highest BCUT2D eigenvalue weighted by Gasteiger charge is 2.41. The maximum absolute atomic E-state index is 11.6. The van der Waals surface area contributed by atoms with Crippen molar-refractivity contribution < 1.29 is 19.4 Å². The van der Waals surface area contributed by atoms with E-state index in [0.29, 0.717) is 44.3 Å². The fourth-order valence-electron chi connectivity index (χ4n) is 4.94. The van der Waals surface area contributed by atoms with Gasteiger partial charge in [-0.25, -0.2) is 9.97 Å². The van der Waals surface area contributed by atoms with E-state index in [-0.39, 0.29) is 6.10 Å². The van der Waals surface area contributed by atoms with E-state index < -0.39 is 11.4 Å². The van der Waals surface area contributed by atoms with Gasteiger partial charge in [0.2, 0.25) is 0 Å². The van der Waals surface area contributed by atoms with Crippen LogP contribution in [0, 0.1) is 5.41 Å². The van der Waals surface area contributed by atoms with Gasteiger partial charge in [0.05, 0.1) is 31.0 Å². The number of carbonyl (C=O) groups is 1. The molecule has 3 aromatic rings. The molecule has 2 saturated heterocycles. The second-order valence-electron chi connectivity index (χ2n) is 10.0. The summed E-state index contributed by atoms with van der Waals surface area (Å²) in [5.41, 5.74) is -0.758. The number of aliphatic carboxylic acids is 1. The number of hydrogen-bond donors (Lipinski definition) is 2. The average molecular weight is 519 g/mol. The van der Waals surface area contributed by atoms with Crippen molar-refractivity contribution >= 4 is 29.2 Å². The summed E-state index contributed by atoms with van der Waals surface area (Å²) in [6.45, 7) is 6.99. The first kappa shape index (κ1) is 25.6. The van der Waals surface area contributed by atoms with Gasteiger partial charge in [0.25, 0.3) is 0 Å². The van der Waals surface area contributed by atoms with Gasteiger partial charge in [0, 0.05) is 19.6 Å². The Balaban J connectivity index is 1.25. The van der Waals surface area contributed by atoms with Gasteiger partial charge in [-0.15, -0.1) is 0 Å². The SMILES string of the molecule is CCOc1ccccc1O[C@@H]1CCCN(c2cncc(Nc3cccc(N4CCC(C)(C(=O)O)C4)n3)n2)C1. The Hall–Kier alpha value is -4.08. The lowest BCUT2D eigenvalue weighted by molar-refractivity contribution is -0.146. The van der Waals surface area contributed by atoms with Crippen LogP contribution in [0.2, 0.25) is 0 Å². The second kappa shape index (κ2) is 11.1. The number of para-hydroxylation sites is 2. The third-order valence-corrected chi connectivity index (χ3v) is 7.07. The fraction of sp³-hybridized carbons (Fsp3) is 0.429. The van der Waals surface area contributed by atoms with E-state index >= 15 is 0 Å². The Labute approximate surface area is 222 Å². The first-order valence-electron chi connectivity index (χ1n) is 13.1.